The van der Waals surface area contributed by atoms with Crippen LogP contribution in [-0.4, -0.2) is 53.3 Å². The second-order valence-corrected chi connectivity index (χ2v) is 10.1. The number of ether oxygens (including phenoxy) is 1. The van der Waals surface area contributed by atoms with Crippen molar-refractivity contribution in [1.82, 2.24) is 9.97 Å². The summed E-state index contributed by atoms with van der Waals surface area (Å²) < 4.78 is 30.4. The number of nitrogens with zero attached hydrogens (tertiary/aromatic N) is 2. The minimum atomic E-state index is -2.61. The lowest BCUT2D eigenvalue weighted by atomic mass is 9.91. The first-order valence-electron chi connectivity index (χ1n) is 11.7. The van der Waals surface area contributed by atoms with Gasteiger partial charge in [0.25, 0.3) is 11.8 Å². The molecule has 0 aromatic carbocycles. The molecule has 2 aliphatic rings. The quantitative estimate of drug-likeness (QED) is 0.470. The largest absolute Gasteiger partial charge is 0.364 e. The van der Waals surface area contributed by atoms with E-state index in [-0.39, 0.29) is 39.8 Å². The SMILES string of the molecule is CC1=CC=C(C(=O)Nc2cccnc2C(=O)Nc2ccc(Cl)cn2)C(O[C@H]2CC[C@@H](N)CC2)C1=S(=O)=O. The van der Waals surface area contributed by atoms with Crippen molar-refractivity contribution >= 4 is 50.1 Å². The summed E-state index contributed by atoms with van der Waals surface area (Å²) in [6.07, 6.45) is 7.41. The Kier molecular flexibility index (Phi) is 8.49. The van der Waals surface area contributed by atoms with Crippen molar-refractivity contribution in [1.29, 1.82) is 0 Å². The van der Waals surface area contributed by atoms with E-state index in [0.29, 0.717) is 23.4 Å². The zero-order valence-corrected chi connectivity index (χ0v) is 21.6. The Morgan fingerprint density at radius 1 is 1.05 bits per heavy atom. The molecule has 2 aromatic rings. The first-order chi connectivity index (χ1) is 17.7. The Hall–Kier alpha value is -3.38. The lowest BCUT2D eigenvalue weighted by Gasteiger charge is -2.32. The number of allylic oxidation sites excluding steroid dienone is 2. The molecule has 0 saturated heterocycles. The fraction of sp³-hybridized carbons (Fsp3) is 0.320. The molecule has 1 unspecified atom stereocenters. The zero-order chi connectivity index (χ0) is 26.5. The van der Waals surface area contributed by atoms with Gasteiger partial charge in [0, 0.05) is 18.4 Å². The summed E-state index contributed by atoms with van der Waals surface area (Å²) in [6, 6.07) is 6.28. The summed E-state index contributed by atoms with van der Waals surface area (Å²) >= 11 is 5.84. The van der Waals surface area contributed by atoms with Crippen LogP contribution in [-0.2, 0) is 19.8 Å². The highest BCUT2D eigenvalue weighted by Crippen LogP contribution is 2.28. The molecule has 10 nitrogen and oxygen atoms in total. The van der Waals surface area contributed by atoms with Crippen LogP contribution < -0.4 is 16.4 Å². The van der Waals surface area contributed by atoms with Gasteiger partial charge >= 0.3 is 0 Å². The molecule has 0 radical (unpaired) electrons. The smallest absolute Gasteiger partial charge is 0.277 e. The average molecular weight is 544 g/mol. The Labute approximate surface area is 220 Å². The number of hydrogen-bond acceptors (Lipinski definition) is 8. The summed E-state index contributed by atoms with van der Waals surface area (Å²) in [4.78, 5) is 34.4. The molecular formula is C25H26ClN5O5S. The molecule has 0 aliphatic heterocycles. The van der Waals surface area contributed by atoms with Crippen LogP contribution in [0.4, 0.5) is 11.5 Å². The van der Waals surface area contributed by atoms with Gasteiger partial charge in [-0.3, -0.25) is 9.59 Å². The van der Waals surface area contributed by atoms with Gasteiger partial charge in [-0.2, -0.15) is 8.42 Å². The molecule has 2 aromatic heterocycles. The van der Waals surface area contributed by atoms with E-state index in [4.69, 9.17) is 22.1 Å². The second-order valence-electron chi connectivity index (χ2n) is 8.79. The van der Waals surface area contributed by atoms with Gasteiger partial charge in [-0.05, 0) is 62.4 Å². The highest BCUT2D eigenvalue weighted by molar-refractivity contribution is 7.73. The van der Waals surface area contributed by atoms with E-state index in [1.807, 2.05) is 0 Å². The number of anilines is 2. The molecule has 0 spiro atoms. The maximum absolute atomic E-state index is 13.4. The van der Waals surface area contributed by atoms with Crippen molar-refractivity contribution in [3.05, 3.63) is 70.7 Å². The van der Waals surface area contributed by atoms with Crippen molar-refractivity contribution in [3.8, 4) is 0 Å². The van der Waals surface area contributed by atoms with Gasteiger partial charge in [0.2, 0.25) is 10.3 Å². The standard InChI is InChI=1S/C25H26ClN5O5S/c1-14-4-10-18(22(23(14)37(34)35)36-17-8-6-16(27)7-9-17)24(32)30-19-3-2-12-28-21(19)25(33)31-20-11-5-15(26)13-29-20/h2-5,10-13,16-17,22H,6-9,27H2,1H3,(H,30,32)(H,29,31,33)/t16-,17+,22?. The normalized spacial score (nSPS) is 21.5. The third-order valence-electron chi connectivity index (χ3n) is 6.15. The van der Waals surface area contributed by atoms with Crippen molar-refractivity contribution in [3.63, 3.8) is 0 Å². The van der Waals surface area contributed by atoms with E-state index >= 15 is 0 Å². The number of nitrogens with one attached hydrogen (secondary N) is 2. The molecule has 12 heteroatoms. The van der Waals surface area contributed by atoms with Crippen molar-refractivity contribution in [2.75, 3.05) is 10.6 Å². The van der Waals surface area contributed by atoms with E-state index in [1.165, 1.54) is 30.6 Å². The second kappa shape index (κ2) is 11.8. The van der Waals surface area contributed by atoms with E-state index in [2.05, 4.69) is 20.6 Å². The third kappa shape index (κ3) is 6.50. The zero-order valence-electron chi connectivity index (χ0n) is 20.0. The molecule has 1 atom stereocenters. The number of nitrogens with two attached hydrogens (primary N) is 1. The van der Waals surface area contributed by atoms with Gasteiger partial charge in [0.05, 0.1) is 22.4 Å². The van der Waals surface area contributed by atoms with Crippen LogP contribution in [0.5, 0.6) is 0 Å². The maximum atomic E-state index is 13.4. The Morgan fingerprint density at radius 3 is 2.49 bits per heavy atom. The van der Waals surface area contributed by atoms with E-state index in [1.54, 1.807) is 25.1 Å². The monoisotopic (exact) mass is 543 g/mol. The third-order valence-corrected chi connectivity index (χ3v) is 7.27. The van der Waals surface area contributed by atoms with Crippen LogP contribution >= 0.6 is 11.6 Å². The Bertz CT molecular complexity index is 1390. The molecule has 1 saturated carbocycles. The lowest BCUT2D eigenvalue weighted by molar-refractivity contribution is -0.114. The van der Waals surface area contributed by atoms with Crippen molar-refractivity contribution in [2.24, 2.45) is 5.73 Å². The highest BCUT2D eigenvalue weighted by Gasteiger charge is 2.34. The first-order valence-corrected chi connectivity index (χ1v) is 13.1. The molecule has 4 rings (SSSR count). The van der Waals surface area contributed by atoms with E-state index < -0.39 is 28.2 Å². The molecule has 1 fully saturated rings. The summed E-state index contributed by atoms with van der Waals surface area (Å²) in [5.74, 6) is -0.958. The minimum Gasteiger partial charge on any atom is -0.364 e. The number of rotatable bonds is 6. The Balaban J connectivity index is 1.58. The summed E-state index contributed by atoms with van der Waals surface area (Å²) in [7, 11) is -2.61. The molecule has 2 amide bonds. The maximum Gasteiger partial charge on any atom is 0.277 e. The van der Waals surface area contributed by atoms with E-state index in [0.717, 1.165) is 12.8 Å². The van der Waals surface area contributed by atoms with Gasteiger partial charge in [-0.25, -0.2) is 9.97 Å². The predicted molar refractivity (Wildman–Crippen MR) is 141 cm³/mol. The van der Waals surface area contributed by atoms with Crippen LogP contribution in [0, 0.1) is 0 Å². The van der Waals surface area contributed by atoms with Gasteiger partial charge in [-0.1, -0.05) is 23.8 Å². The highest BCUT2D eigenvalue weighted by atomic mass is 35.5. The van der Waals surface area contributed by atoms with Crippen LogP contribution in [0.1, 0.15) is 43.1 Å². The number of hydrogen-bond donors (Lipinski definition) is 3. The summed E-state index contributed by atoms with van der Waals surface area (Å²) in [5, 5.41) is 5.71. The van der Waals surface area contributed by atoms with Gasteiger partial charge < -0.3 is 21.1 Å². The van der Waals surface area contributed by atoms with Crippen LogP contribution in [0.15, 0.2) is 60.0 Å². The number of halogens is 1. The van der Waals surface area contributed by atoms with Crippen molar-refractivity contribution < 1.29 is 22.7 Å². The topological polar surface area (TPSA) is 153 Å². The van der Waals surface area contributed by atoms with Crippen LogP contribution in [0.25, 0.3) is 0 Å². The lowest BCUT2D eigenvalue weighted by Crippen LogP contribution is -2.40. The average Bonchev–Trinajstić information content (AvgIpc) is 2.87. The van der Waals surface area contributed by atoms with Crippen LogP contribution in [0.3, 0.4) is 0 Å². The number of pyridine rings is 2. The van der Waals surface area contributed by atoms with Gasteiger partial charge in [0.1, 0.15) is 16.8 Å². The molecule has 4 N–H and O–H groups in total. The number of carbonyl (C=O) groups is 2. The van der Waals surface area contributed by atoms with Crippen molar-refractivity contribution in [2.45, 2.75) is 50.9 Å². The molecule has 2 aliphatic carbocycles. The van der Waals surface area contributed by atoms with E-state index in [9.17, 15) is 18.0 Å². The van der Waals surface area contributed by atoms with Crippen LogP contribution in [0.2, 0.25) is 5.02 Å². The fourth-order valence-electron chi connectivity index (χ4n) is 4.21. The fourth-order valence-corrected chi connectivity index (χ4v) is 5.01. The van der Waals surface area contributed by atoms with Gasteiger partial charge in [0.15, 0.2) is 5.69 Å². The predicted octanol–water partition coefficient (Wildman–Crippen LogP) is 2.91. The molecule has 2 heterocycles. The molecule has 194 valence electrons. The number of carbonyl (C=O) groups excluding carboxylic acids is 2. The number of aromatic nitrogens is 2. The molecule has 0 bridgehead atoms. The summed E-state index contributed by atoms with van der Waals surface area (Å²) in [5.41, 5.74) is 6.67. The molecular weight excluding hydrogens is 518 g/mol. The molecule has 37 heavy (non-hydrogen) atoms. The summed E-state index contributed by atoms with van der Waals surface area (Å²) in [6.45, 7) is 1.65. The Morgan fingerprint density at radius 2 is 1.81 bits per heavy atom. The number of amides is 2. The van der Waals surface area contributed by atoms with Gasteiger partial charge in [-0.15, -0.1) is 0 Å². The first kappa shape index (κ1) is 26.7. The minimum absolute atomic E-state index is 0.000452.